The highest BCUT2D eigenvalue weighted by atomic mass is 35.5. The van der Waals surface area contributed by atoms with Crippen LogP contribution < -0.4 is 0 Å². The molecular formula is C11H11ClN4O. The highest BCUT2D eigenvalue weighted by molar-refractivity contribution is 6.35. The Labute approximate surface area is 103 Å². The van der Waals surface area contributed by atoms with Crippen LogP contribution in [0.15, 0.2) is 12.5 Å². The summed E-state index contributed by atoms with van der Waals surface area (Å²) in [6.45, 7) is 1.63. The van der Waals surface area contributed by atoms with Crippen molar-refractivity contribution in [2.75, 3.05) is 13.1 Å². The van der Waals surface area contributed by atoms with Crippen LogP contribution >= 0.6 is 11.6 Å². The Kier molecular flexibility index (Phi) is 2.48. The number of hydrogen-bond acceptors (Lipinski definition) is 3. The van der Waals surface area contributed by atoms with Crippen LogP contribution in [0.5, 0.6) is 0 Å². The van der Waals surface area contributed by atoms with E-state index in [9.17, 15) is 4.79 Å². The zero-order chi connectivity index (χ0) is 11.8. The first-order valence-electron chi connectivity index (χ1n) is 5.54. The maximum atomic E-state index is 12.3. The van der Waals surface area contributed by atoms with Gasteiger partial charge < -0.3 is 9.88 Å². The zero-order valence-electron chi connectivity index (χ0n) is 9.11. The molecule has 0 aromatic carbocycles. The van der Waals surface area contributed by atoms with Gasteiger partial charge in [0.25, 0.3) is 5.91 Å². The third-order valence-electron chi connectivity index (χ3n) is 3.05. The van der Waals surface area contributed by atoms with Crippen molar-refractivity contribution in [2.24, 2.45) is 0 Å². The topological polar surface area (TPSA) is 61.9 Å². The van der Waals surface area contributed by atoms with Gasteiger partial charge >= 0.3 is 0 Å². The Bertz CT molecular complexity index is 574. The van der Waals surface area contributed by atoms with E-state index in [2.05, 4.69) is 15.0 Å². The van der Waals surface area contributed by atoms with Crippen molar-refractivity contribution >= 4 is 28.5 Å². The summed E-state index contributed by atoms with van der Waals surface area (Å²) in [5, 5.41) is 0.935. The number of fused-ring (bicyclic) bond motifs is 1. The number of carbonyl (C=O) groups excluding carboxylic acids is 1. The van der Waals surface area contributed by atoms with Gasteiger partial charge in [0.05, 0.1) is 10.9 Å². The van der Waals surface area contributed by atoms with Gasteiger partial charge in [0, 0.05) is 19.3 Å². The van der Waals surface area contributed by atoms with Crippen LogP contribution in [0.1, 0.15) is 23.2 Å². The van der Waals surface area contributed by atoms with E-state index >= 15 is 0 Å². The number of rotatable bonds is 1. The van der Waals surface area contributed by atoms with Crippen molar-refractivity contribution in [3.63, 3.8) is 0 Å². The number of aromatic amines is 1. The fraction of sp³-hybridized carbons (Fsp3) is 0.364. The largest absolute Gasteiger partial charge is 0.345 e. The van der Waals surface area contributed by atoms with Gasteiger partial charge in [-0.25, -0.2) is 9.97 Å². The molecule has 1 amide bonds. The molecule has 0 atom stereocenters. The Balaban J connectivity index is 2.08. The smallest absolute Gasteiger partial charge is 0.256 e. The van der Waals surface area contributed by atoms with Gasteiger partial charge in [-0.05, 0) is 12.8 Å². The van der Waals surface area contributed by atoms with Crippen LogP contribution in [0.4, 0.5) is 0 Å². The zero-order valence-corrected chi connectivity index (χ0v) is 9.87. The molecule has 0 aliphatic carbocycles. The molecule has 2 aromatic heterocycles. The summed E-state index contributed by atoms with van der Waals surface area (Å²) >= 11 is 6.01. The number of likely N-dealkylation sites (tertiary alicyclic amines) is 1. The fourth-order valence-corrected chi connectivity index (χ4v) is 2.42. The molecule has 1 saturated heterocycles. The van der Waals surface area contributed by atoms with Gasteiger partial charge in [0.15, 0.2) is 0 Å². The molecule has 3 heterocycles. The maximum absolute atomic E-state index is 12.3. The van der Waals surface area contributed by atoms with E-state index in [1.165, 1.54) is 6.33 Å². The van der Waals surface area contributed by atoms with Crippen molar-refractivity contribution in [3.8, 4) is 0 Å². The molecule has 0 radical (unpaired) electrons. The summed E-state index contributed by atoms with van der Waals surface area (Å²) in [6.07, 6.45) is 5.17. The van der Waals surface area contributed by atoms with Crippen LogP contribution in [-0.4, -0.2) is 38.8 Å². The van der Waals surface area contributed by atoms with Crippen molar-refractivity contribution in [1.29, 1.82) is 0 Å². The molecule has 1 aliphatic heterocycles. The van der Waals surface area contributed by atoms with Gasteiger partial charge in [-0.15, -0.1) is 0 Å². The van der Waals surface area contributed by atoms with Crippen molar-refractivity contribution in [1.82, 2.24) is 19.9 Å². The highest BCUT2D eigenvalue weighted by Gasteiger charge is 2.23. The van der Waals surface area contributed by atoms with Gasteiger partial charge in [-0.1, -0.05) is 11.6 Å². The van der Waals surface area contributed by atoms with Crippen LogP contribution in [-0.2, 0) is 0 Å². The van der Waals surface area contributed by atoms with Gasteiger partial charge in [0.1, 0.15) is 17.1 Å². The number of H-pyrrole nitrogens is 1. The average Bonchev–Trinajstić information content (AvgIpc) is 2.98. The van der Waals surface area contributed by atoms with Crippen LogP contribution in [0.2, 0.25) is 5.15 Å². The Morgan fingerprint density at radius 3 is 2.88 bits per heavy atom. The molecule has 5 nitrogen and oxygen atoms in total. The summed E-state index contributed by atoms with van der Waals surface area (Å²) in [4.78, 5) is 25.0. The number of hydrogen-bond donors (Lipinski definition) is 1. The number of aromatic nitrogens is 3. The third-order valence-corrected chi connectivity index (χ3v) is 3.33. The Morgan fingerprint density at radius 1 is 1.35 bits per heavy atom. The van der Waals surface area contributed by atoms with E-state index < -0.39 is 0 Å². The lowest BCUT2D eigenvalue weighted by Gasteiger charge is -2.14. The number of amides is 1. The molecule has 0 spiro atoms. The fourth-order valence-electron chi connectivity index (χ4n) is 2.18. The molecule has 1 aliphatic rings. The minimum absolute atomic E-state index is 0.00505. The van der Waals surface area contributed by atoms with E-state index in [4.69, 9.17) is 11.6 Å². The lowest BCUT2D eigenvalue weighted by atomic mass is 10.2. The molecule has 0 unspecified atom stereocenters. The molecule has 3 rings (SSSR count). The van der Waals surface area contributed by atoms with Gasteiger partial charge in [-0.3, -0.25) is 4.79 Å². The van der Waals surface area contributed by atoms with E-state index in [1.54, 1.807) is 6.20 Å². The first-order valence-corrected chi connectivity index (χ1v) is 5.92. The quantitative estimate of drug-likeness (QED) is 0.786. The Hall–Kier alpha value is -1.62. The summed E-state index contributed by atoms with van der Waals surface area (Å²) < 4.78 is 0. The van der Waals surface area contributed by atoms with Crippen molar-refractivity contribution in [2.45, 2.75) is 12.8 Å². The van der Waals surface area contributed by atoms with E-state index in [0.717, 1.165) is 25.9 Å². The van der Waals surface area contributed by atoms with Crippen LogP contribution in [0.25, 0.3) is 11.0 Å². The number of carbonyl (C=O) groups is 1. The maximum Gasteiger partial charge on any atom is 0.256 e. The summed E-state index contributed by atoms with van der Waals surface area (Å²) in [7, 11) is 0. The second-order valence-electron chi connectivity index (χ2n) is 4.09. The first kappa shape index (κ1) is 10.5. The number of nitrogens with one attached hydrogen (secondary N) is 1. The summed E-state index contributed by atoms with van der Waals surface area (Å²) in [5.41, 5.74) is 1.17. The van der Waals surface area contributed by atoms with E-state index in [0.29, 0.717) is 21.7 Å². The van der Waals surface area contributed by atoms with E-state index in [-0.39, 0.29) is 5.91 Å². The van der Waals surface area contributed by atoms with Crippen molar-refractivity contribution < 1.29 is 4.79 Å². The molecule has 2 aromatic rings. The predicted molar refractivity (Wildman–Crippen MR) is 64.0 cm³/mol. The van der Waals surface area contributed by atoms with Gasteiger partial charge in [-0.2, -0.15) is 0 Å². The highest BCUT2D eigenvalue weighted by Crippen LogP contribution is 2.25. The molecule has 1 N–H and O–H groups in total. The van der Waals surface area contributed by atoms with E-state index in [1.807, 2.05) is 4.90 Å². The third kappa shape index (κ3) is 1.67. The molecule has 0 bridgehead atoms. The summed E-state index contributed by atoms with van der Waals surface area (Å²) in [6, 6.07) is 0. The standard InChI is InChI=1S/C11H11ClN4O/c12-9-8-7(5-13-10(8)15-6-14-9)11(17)16-3-1-2-4-16/h5-6H,1-4H2,(H,13,14,15). The minimum Gasteiger partial charge on any atom is -0.345 e. The number of halogens is 1. The Morgan fingerprint density at radius 2 is 2.12 bits per heavy atom. The van der Waals surface area contributed by atoms with Crippen LogP contribution in [0.3, 0.4) is 0 Å². The lowest BCUT2D eigenvalue weighted by molar-refractivity contribution is 0.0795. The monoisotopic (exact) mass is 250 g/mol. The predicted octanol–water partition coefficient (Wildman–Crippen LogP) is 1.85. The minimum atomic E-state index is 0.00505. The lowest BCUT2D eigenvalue weighted by Crippen LogP contribution is -2.27. The first-order chi connectivity index (χ1) is 8.27. The molecular weight excluding hydrogens is 240 g/mol. The second kappa shape index (κ2) is 4.00. The molecule has 17 heavy (non-hydrogen) atoms. The van der Waals surface area contributed by atoms with Crippen LogP contribution in [0, 0.1) is 0 Å². The molecule has 6 heteroatoms. The summed E-state index contributed by atoms with van der Waals surface area (Å²) in [5.74, 6) is 0.00505. The SMILES string of the molecule is O=C(c1c[nH]c2ncnc(Cl)c12)N1CCCC1. The van der Waals surface area contributed by atoms with Crippen molar-refractivity contribution in [3.05, 3.63) is 23.2 Å². The molecule has 1 fully saturated rings. The normalized spacial score (nSPS) is 15.7. The molecule has 0 saturated carbocycles. The average molecular weight is 251 g/mol. The second-order valence-corrected chi connectivity index (χ2v) is 4.45. The number of nitrogens with zero attached hydrogens (tertiary/aromatic N) is 3. The van der Waals surface area contributed by atoms with Gasteiger partial charge in [0.2, 0.25) is 0 Å². The molecule has 88 valence electrons.